The fourth-order valence-corrected chi connectivity index (χ4v) is 2.65. The highest BCUT2D eigenvalue weighted by atomic mass is 127. The van der Waals surface area contributed by atoms with Crippen LogP contribution in [0.2, 0.25) is 0 Å². The second-order valence-corrected chi connectivity index (χ2v) is 5.87. The monoisotopic (exact) mass is 457 g/mol. The van der Waals surface area contributed by atoms with Gasteiger partial charge in [-0.15, -0.1) is 24.0 Å². The van der Waals surface area contributed by atoms with Crippen LogP contribution in [0.4, 0.5) is 0 Å². The molecule has 1 rings (SSSR count). The summed E-state index contributed by atoms with van der Waals surface area (Å²) >= 11 is 0. The number of nitrogens with one attached hydrogen (secondary N) is 2. The highest BCUT2D eigenvalue weighted by Gasteiger charge is 2.11. The second-order valence-electron chi connectivity index (χ2n) is 5.87. The van der Waals surface area contributed by atoms with Crippen molar-refractivity contribution in [3.63, 3.8) is 0 Å². The molecule has 0 heterocycles. The summed E-state index contributed by atoms with van der Waals surface area (Å²) in [5, 5.41) is 6.57. The highest BCUT2D eigenvalue weighted by Crippen LogP contribution is 2.19. The third-order valence-corrected chi connectivity index (χ3v) is 3.96. The number of methoxy groups -OCH3 is 1. The van der Waals surface area contributed by atoms with Gasteiger partial charge in [0.25, 0.3) is 0 Å². The van der Waals surface area contributed by atoms with Crippen molar-refractivity contribution in [2.75, 3.05) is 53.7 Å². The van der Waals surface area contributed by atoms with E-state index in [0.717, 1.165) is 38.7 Å². The fraction of sp³-hybridized carbons (Fsp3) is 0.941. The molecular weight excluding hydrogens is 421 g/mol. The first-order valence-corrected chi connectivity index (χ1v) is 8.99. The number of guanidine groups is 1. The molecule has 0 unspecified atom stereocenters. The molecule has 0 aromatic carbocycles. The van der Waals surface area contributed by atoms with Gasteiger partial charge in [-0.05, 0) is 19.3 Å². The maximum absolute atomic E-state index is 5.96. The Labute approximate surface area is 164 Å². The van der Waals surface area contributed by atoms with Crippen molar-refractivity contribution in [3.8, 4) is 0 Å². The van der Waals surface area contributed by atoms with Gasteiger partial charge in [0.2, 0.25) is 0 Å². The van der Waals surface area contributed by atoms with Crippen LogP contribution in [0, 0.1) is 0 Å². The molecule has 144 valence electrons. The van der Waals surface area contributed by atoms with E-state index in [0.29, 0.717) is 19.3 Å². The zero-order valence-corrected chi connectivity index (χ0v) is 17.7. The van der Waals surface area contributed by atoms with Crippen molar-refractivity contribution in [3.05, 3.63) is 0 Å². The van der Waals surface area contributed by atoms with Gasteiger partial charge >= 0.3 is 0 Å². The van der Waals surface area contributed by atoms with E-state index in [4.69, 9.17) is 14.2 Å². The zero-order valence-electron chi connectivity index (χ0n) is 15.3. The quantitative estimate of drug-likeness (QED) is 0.164. The van der Waals surface area contributed by atoms with E-state index in [9.17, 15) is 0 Å². The maximum Gasteiger partial charge on any atom is 0.191 e. The Balaban J connectivity index is 0.00000529. The minimum absolute atomic E-state index is 0. The molecule has 0 bridgehead atoms. The van der Waals surface area contributed by atoms with Crippen LogP contribution in [0.3, 0.4) is 0 Å². The minimum Gasteiger partial charge on any atom is -0.382 e. The molecule has 1 aliphatic carbocycles. The molecule has 6 nitrogen and oxygen atoms in total. The number of hydrogen-bond donors (Lipinski definition) is 2. The van der Waals surface area contributed by atoms with Crippen LogP contribution in [0.25, 0.3) is 0 Å². The Morgan fingerprint density at radius 2 is 1.67 bits per heavy atom. The Morgan fingerprint density at radius 1 is 0.958 bits per heavy atom. The van der Waals surface area contributed by atoms with Crippen molar-refractivity contribution in [1.29, 1.82) is 0 Å². The second kappa shape index (κ2) is 17.7. The summed E-state index contributed by atoms with van der Waals surface area (Å²) in [6, 6.07) is 0. The molecule has 0 spiro atoms. The lowest BCUT2D eigenvalue weighted by Gasteiger charge is -2.16. The summed E-state index contributed by atoms with van der Waals surface area (Å²) in [6.07, 6.45) is 9.20. The van der Waals surface area contributed by atoms with Crippen molar-refractivity contribution >= 4 is 29.9 Å². The van der Waals surface area contributed by atoms with Crippen molar-refractivity contribution < 1.29 is 14.2 Å². The van der Waals surface area contributed by atoms with Crippen LogP contribution < -0.4 is 10.6 Å². The number of aliphatic imine (C=N–C) groups is 1. The Morgan fingerprint density at radius 3 is 2.33 bits per heavy atom. The third-order valence-electron chi connectivity index (χ3n) is 3.96. The molecule has 0 radical (unpaired) electrons. The molecule has 0 atom stereocenters. The third kappa shape index (κ3) is 13.2. The van der Waals surface area contributed by atoms with Gasteiger partial charge in [0.05, 0.1) is 25.9 Å². The van der Waals surface area contributed by atoms with Crippen LogP contribution >= 0.6 is 24.0 Å². The van der Waals surface area contributed by atoms with E-state index in [1.807, 2.05) is 0 Å². The van der Waals surface area contributed by atoms with Gasteiger partial charge in [-0.1, -0.05) is 25.7 Å². The first kappa shape index (κ1) is 23.9. The Bertz CT molecular complexity index is 299. The highest BCUT2D eigenvalue weighted by molar-refractivity contribution is 14.0. The van der Waals surface area contributed by atoms with E-state index in [1.54, 1.807) is 14.2 Å². The predicted octanol–water partition coefficient (Wildman–Crippen LogP) is 2.56. The van der Waals surface area contributed by atoms with Gasteiger partial charge in [-0.25, -0.2) is 0 Å². The summed E-state index contributed by atoms with van der Waals surface area (Å²) in [5.74, 6) is 0.825. The molecule has 1 fully saturated rings. The van der Waals surface area contributed by atoms with Crippen molar-refractivity contribution in [2.24, 2.45) is 4.99 Å². The first-order chi connectivity index (χ1) is 11.4. The fourth-order valence-electron chi connectivity index (χ4n) is 2.65. The largest absolute Gasteiger partial charge is 0.382 e. The van der Waals surface area contributed by atoms with E-state index < -0.39 is 0 Å². The van der Waals surface area contributed by atoms with Gasteiger partial charge in [0.1, 0.15) is 0 Å². The van der Waals surface area contributed by atoms with Crippen LogP contribution in [0.5, 0.6) is 0 Å². The molecule has 0 aromatic heterocycles. The van der Waals surface area contributed by atoms with Crippen LogP contribution in [-0.4, -0.2) is 65.7 Å². The van der Waals surface area contributed by atoms with Gasteiger partial charge < -0.3 is 24.8 Å². The molecule has 0 aromatic rings. The predicted molar refractivity (Wildman–Crippen MR) is 110 cm³/mol. The van der Waals surface area contributed by atoms with Crippen molar-refractivity contribution in [2.45, 2.75) is 51.0 Å². The normalized spacial score (nSPS) is 16.3. The SMILES string of the molecule is CN=C(NCCCOCCOC)NCCOC1CCCCCC1.I. The Hall–Kier alpha value is -0.120. The summed E-state index contributed by atoms with van der Waals surface area (Å²) in [6.45, 7) is 4.42. The summed E-state index contributed by atoms with van der Waals surface area (Å²) < 4.78 is 16.3. The maximum atomic E-state index is 5.96. The lowest BCUT2D eigenvalue weighted by atomic mass is 10.1. The average Bonchev–Trinajstić information content (AvgIpc) is 2.84. The van der Waals surface area contributed by atoms with E-state index in [1.165, 1.54) is 38.5 Å². The molecule has 24 heavy (non-hydrogen) atoms. The lowest BCUT2D eigenvalue weighted by Crippen LogP contribution is -2.40. The van der Waals surface area contributed by atoms with Crippen LogP contribution in [0.1, 0.15) is 44.9 Å². The van der Waals surface area contributed by atoms with Gasteiger partial charge in [0, 0.05) is 33.9 Å². The smallest absolute Gasteiger partial charge is 0.191 e. The van der Waals surface area contributed by atoms with Crippen LogP contribution in [-0.2, 0) is 14.2 Å². The molecule has 0 saturated heterocycles. The average molecular weight is 457 g/mol. The molecule has 7 heteroatoms. The first-order valence-electron chi connectivity index (χ1n) is 8.99. The number of ether oxygens (including phenoxy) is 3. The molecule has 0 amide bonds. The van der Waals surface area contributed by atoms with Gasteiger partial charge in [-0.3, -0.25) is 4.99 Å². The number of halogens is 1. The molecule has 1 aliphatic rings. The van der Waals surface area contributed by atoms with E-state index in [2.05, 4.69) is 15.6 Å². The van der Waals surface area contributed by atoms with Gasteiger partial charge in [-0.2, -0.15) is 0 Å². The minimum atomic E-state index is 0. The van der Waals surface area contributed by atoms with Crippen LogP contribution in [0.15, 0.2) is 4.99 Å². The summed E-state index contributed by atoms with van der Waals surface area (Å²) in [7, 11) is 3.47. The van der Waals surface area contributed by atoms with E-state index in [-0.39, 0.29) is 24.0 Å². The zero-order chi connectivity index (χ0) is 16.6. The molecular formula is C17H36IN3O3. The molecule has 2 N–H and O–H groups in total. The van der Waals surface area contributed by atoms with E-state index >= 15 is 0 Å². The number of hydrogen-bond acceptors (Lipinski definition) is 4. The van der Waals surface area contributed by atoms with Gasteiger partial charge in [0.15, 0.2) is 5.96 Å². The topological polar surface area (TPSA) is 64.1 Å². The molecule has 1 saturated carbocycles. The standard InChI is InChI=1S/C17H35N3O3.HI/c1-18-17(19-10-7-12-22-15-14-21-2)20-11-13-23-16-8-5-3-4-6-9-16;/h16H,3-15H2,1-2H3,(H2,18,19,20);1H. The Kier molecular flexibility index (Phi) is 17.6. The molecule has 0 aliphatic heterocycles. The number of nitrogens with zero attached hydrogens (tertiary/aromatic N) is 1. The number of rotatable bonds is 11. The van der Waals surface area contributed by atoms with Crippen molar-refractivity contribution in [1.82, 2.24) is 10.6 Å². The lowest BCUT2D eigenvalue weighted by molar-refractivity contribution is 0.0468. The summed E-state index contributed by atoms with van der Waals surface area (Å²) in [5.41, 5.74) is 0. The summed E-state index contributed by atoms with van der Waals surface area (Å²) in [4.78, 5) is 4.21.